The van der Waals surface area contributed by atoms with E-state index in [0.717, 1.165) is 36.8 Å². The summed E-state index contributed by atoms with van der Waals surface area (Å²) in [6, 6.07) is 12.3. The number of aromatic nitrogens is 1. The third-order valence-electron chi connectivity index (χ3n) is 4.69. The lowest BCUT2D eigenvalue weighted by Gasteiger charge is -2.01. The predicted octanol–water partition coefficient (Wildman–Crippen LogP) is 6.47. The quantitative estimate of drug-likeness (QED) is 0.250. The first-order valence-electron chi connectivity index (χ1n) is 10.2. The topological polar surface area (TPSA) is 30.0 Å². The molecule has 1 aromatic carbocycles. The minimum Gasteiger partial charge on any atom is -0.303 e. The molecule has 0 saturated carbocycles. The molecular weight excluding hydrogens is 318 g/mol. The molecule has 1 heterocycles. The summed E-state index contributed by atoms with van der Waals surface area (Å²) >= 11 is 0. The molecule has 2 rings (SSSR count). The van der Waals surface area contributed by atoms with Gasteiger partial charge in [0.05, 0.1) is 5.52 Å². The number of carbonyl (C=O) groups excluding carboxylic acids is 1. The first kappa shape index (κ1) is 20.2. The largest absolute Gasteiger partial charge is 0.303 e. The Balaban J connectivity index is 1.48. The van der Waals surface area contributed by atoms with Crippen molar-refractivity contribution in [2.24, 2.45) is 0 Å². The van der Waals surface area contributed by atoms with Gasteiger partial charge in [-0.3, -0.25) is 0 Å². The van der Waals surface area contributed by atoms with Crippen molar-refractivity contribution in [2.45, 2.75) is 77.0 Å². The van der Waals surface area contributed by atoms with Crippen LogP contribution in [0.2, 0.25) is 0 Å². The first-order chi connectivity index (χ1) is 12.9. The summed E-state index contributed by atoms with van der Waals surface area (Å²) in [5.41, 5.74) is 1.89. The van der Waals surface area contributed by atoms with Crippen molar-refractivity contribution in [3.63, 3.8) is 0 Å². The summed E-state index contributed by atoms with van der Waals surface area (Å²) in [4.78, 5) is 14.8. The van der Waals surface area contributed by atoms with Gasteiger partial charge in [-0.15, -0.1) is 0 Å². The Labute approximate surface area is 158 Å². The van der Waals surface area contributed by atoms with Gasteiger partial charge in [0.15, 0.2) is 0 Å². The molecule has 2 nitrogen and oxygen atoms in total. The normalized spacial score (nSPS) is 10.5. The number of pyridine rings is 1. The number of nitrogens with zero attached hydrogens (tertiary/aromatic N) is 1. The van der Waals surface area contributed by atoms with Crippen molar-refractivity contribution in [2.75, 3.05) is 0 Å². The Morgan fingerprint density at radius 2 is 1.42 bits per heavy atom. The molecule has 0 amide bonds. The molecule has 0 fully saturated rings. The maximum atomic E-state index is 10.2. The SMILES string of the molecule is O=CCCCCCCCCCCCCC#Cc1ccc2ccccc2n1. The van der Waals surface area contributed by atoms with Crippen LogP contribution in [0.3, 0.4) is 0 Å². The Morgan fingerprint density at radius 1 is 0.769 bits per heavy atom. The van der Waals surface area contributed by atoms with E-state index in [0.29, 0.717) is 0 Å². The second-order valence-electron chi connectivity index (χ2n) is 6.93. The number of unbranched alkanes of at least 4 members (excludes halogenated alkanes) is 11. The monoisotopic (exact) mass is 349 g/mol. The average Bonchev–Trinajstić information content (AvgIpc) is 2.68. The van der Waals surface area contributed by atoms with Gasteiger partial charge in [-0.1, -0.05) is 81.6 Å². The molecule has 0 aliphatic carbocycles. The van der Waals surface area contributed by atoms with Crippen molar-refractivity contribution in [1.82, 2.24) is 4.98 Å². The number of benzene rings is 1. The summed E-state index contributed by atoms with van der Waals surface area (Å²) in [6.45, 7) is 0. The van der Waals surface area contributed by atoms with Crippen LogP contribution in [-0.2, 0) is 4.79 Å². The highest BCUT2D eigenvalue weighted by Crippen LogP contribution is 2.12. The van der Waals surface area contributed by atoms with Crippen molar-refractivity contribution < 1.29 is 4.79 Å². The van der Waals surface area contributed by atoms with Gasteiger partial charge in [-0.05, 0) is 30.9 Å². The van der Waals surface area contributed by atoms with Crippen molar-refractivity contribution in [3.05, 3.63) is 42.1 Å². The lowest BCUT2D eigenvalue weighted by Crippen LogP contribution is -1.84. The number of para-hydroxylation sites is 1. The van der Waals surface area contributed by atoms with Gasteiger partial charge in [0.2, 0.25) is 0 Å². The molecule has 26 heavy (non-hydrogen) atoms. The zero-order valence-electron chi connectivity index (χ0n) is 15.9. The van der Waals surface area contributed by atoms with Crippen LogP contribution >= 0.6 is 0 Å². The van der Waals surface area contributed by atoms with E-state index in [-0.39, 0.29) is 0 Å². The lowest BCUT2D eigenvalue weighted by molar-refractivity contribution is -0.107. The van der Waals surface area contributed by atoms with Crippen LogP contribution in [0.15, 0.2) is 36.4 Å². The number of hydrogen-bond donors (Lipinski definition) is 0. The standard InChI is InChI=1S/C24H31NO/c26-21-15-11-9-7-5-3-1-2-4-6-8-10-12-17-23-20-19-22-16-13-14-18-24(22)25-23/h13-14,16,18-21H,1-11,15H2. The van der Waals surface area contributed by atoms with E-state index in [4.69, 9.17) is 0 Å². The van der Waals surface area contributed by atoms with E-state index in [2.05, 4.69) is 29.0 Å². The van der Waals surface area contributed by atoms with E-state index >= 15 is 0 Å². The Kier molecular flexibility index (Phi) is 10.2. The zero-order valence-corrected chi connectivity index (χ0v) is 15.9. The molecule has 0 bridgehead atoms. The highest BCUT2D eigenvalue weighted by Gasteiger charge is 1.95. The third-order valence-corrected chi connectivity index (χ3v) is 4.69. The number of hydrogen-bond acceptors (Lipinski definition) is 2. The second-order valence-corrected chi connectivity index (χ2v) is 6.93. The van der Waals surface area contributed by atoms with E-state index in [9.17, 15) is 4.79 Å². The molecule has 0 aliphatic heterocycles. The van der Waals surface area contributed by atoms with Gasteiger partial charge in [0.1, 0.15) is 12.0 Å². The minimum absolute atomic E-state index is 0.736. The second kappa shape index (κ2) is 13.1. The maximum Gasteiger partial charge on any atom is 0.119 e. The number of fused-ring (bicyclic) bond motifs is 1. The average molecular weight is 350 g/mol. The molecule has 138 valence electrons. The molecule has 1 aromatic heterocycles. The summed E-state index contributed by atoms with van der Waals surface area (Å²) < 4.78 is 0. The fraction of sp³-hybridized carbons (Fsp3) is 0.500. The molecule has 2 aromatic rings. The van der Waals surface area contributed by atoms with Crippen LogP contribution in [0, 0.1) is 11.8 Å². The number of carbonyl (C=O) groups is 1. The van der Waals surface area contributed by atoms with Crippen LogP contribution in [-0.4, -0.2) is 11.3 Å². The summed E-state index contributed by atoms with van der Waals surface area (Å²) in [5.74, 6) is 6.46. The first-order valence-corrected chi connectivity index (χ1v) is 10.2. The van der Waals surface area contributed by atoms with Crippen LogP contribution in [0.1, 0.15) is 82.7 Å². The molecule has 0 spiro atoms. The molecule has 0 saturated heterocycles. The maximum absolute atomic E-state index is 10.2. The fourth-order valence-electron chi connectivity index (χ4n) is 3.14. The Morgan fingerprint density at radius 3 is 2.15 bits per heavy atom. The van der Waals surface area contributed by atoms with E-state index in [1.165, 1.54) is 63.2 Å². The van der Waals surface area contributed by atoms with Crippen molar-refractivity contribution in [1.29, 1.82) is 0 Å². The Hall–Kier alpha value is -2.14. The number of aldehydes is 1. The number of rotatable bonds is 12. The van der Waals surface area contributed by atoms with Crippen LogP contribution < -0.4 is 0 Å². The highest BCUT2D eigenvalue weighted by molar-refractivity contribution is 5.78. The summed E-state index contributed by atoms with van der Waals surface area (Å²) in [5, 5.41) is 1.17. The molecule has 0 aliphatic rings. The van der Waals surface area contributed by atoms with Gasteiger partial charge < -0.3 is 4.79 Å². The van der Waals surface area contributed by atoms with E-state index in [1.807, 2.05) is 24.3 Å². The van der Waals surface area contributed by atoms with Gasteiger partial charge >= 0.3 is 0 Å². The molecule has 2 heteroatoms. The predicted molar refractivity (Wildman–Crippen MR) is 110 cm³/mol. The smallest absolute Gasteiger partial charge is 0.119 e. The highest BCUT2D eigenvalue weighted by atomic mass is 16.1. The lowest BCUT2D eigenvalue weighted by atomic mass is 10.1. The molecular formula is C24H31NO. The summed E-state index contributed by atoms with van der Waals surface area (Å²) in [7, 11) is 0. The molecule has 0 N–H and O–H groups in total. The Bertz CT molecular complexity index is 711. The van der Waals surface area contributed by atoms with E-state index in [1.54, 1.807) is 0 Å². The van der Waals surface area contributed by atoms with Gasteiger partial charge in [-0.2, -0.15) is 0 Å². The van der Waals surface area contributed by atoms with Gasteiger partial charge in [0.25, 0.3) is 0 Å². The van der Waals surface area contributed by atoms with Crippen LogP contribution in [0.25, 0.3) is 10.9 Å². The van der Waals surface area contributed by atoms with Crippen molar-refractivity contribution >= 4 is 17.2 Å². The molecule has 0 unspecified atom stereocenters. The fourth-order valence-corrected chi connectivity index (χ4v) is 3.14. The van der Waals surface area contributed by atoms with Gasteiger partial charge in [-0.25, -0.2) is 4.98 Å². The molecule has 0 radical (unpaired) electrons. The van der Waals surface area contributed by atoms with Gasteiger partial charge in [0, 0.05) is 18.2 Å². The van der Waals surface area contributed by atoms with Crippen LogP contribution in [0.5, 0.6) is 0 Å². The van der Waals surface area contributed by atoms with Crippen molar-refractivity contribution in [3.8, 4) is 11.8 Å². The van der Waals surface area contributed by atoms with Crippen LogP contribution in [0.4, 0.5) is 0 Å². The summed E-state index contributed by atoms with van der Waals surface area (Å²) in [6.07, 6.45) is 15.4. The molecule has 0 atom stereocenters. The van der Waals surface area contributed by atoms with E-state index < -0.39 is 0 Å². The third kappa shape index (κ3) is 8.30. The minimum atomic E-state index is 0.736. The zero-order chi connectivity index (χ0) is 18.3.